The minimum Gasteiger partial charge on any atom is -0.507 e. The summed E-state index contributed by atoms with van der Waals surface area (Å²) in [6, 6.07) is 11.4. The fraction of sp³-hybridized carbons (Fsp3) is 0.360. The number of fused-ring (bicyclic) bond motifs is 1. The van der Waals surface area contributed by atoms with Crippen LogP contribution in [0.1, 0.15) is 31.0 Å². The smallest absolute Gasteiger partial charge is 0.295 e. The number of aliphatic hydroxyl groups excluding tert-OH is 1. The normalized spacial score (nSPS) is 19.7. The van der Waals surface area contributed by atoms with E-state index in [1.807, 2.05) is 25.8 Å². The first-order chi connectivity index (χ1) is 15.8. The molecule has 8 heteroatoms. The van der Waals surface area contributed by atoms with Crippen molar-refractivity contribution in [2.24, 2.45) is 0 Å². The Morgan fingerprint density at radius 2 is 1.94 bits per heavy atom. The van der Waals surface area contributed by atoms with Gasteiger partial charge in [-0.3, -0.25) is 9.59 Å². The van der Waals surface area contributed by atoms with E-state index >= 15 is 0 Å². The van der Waals surface area contributed by atoms with Crippen LogP contribution in [0.4, 0.5) is 5.69 Å². The molecule has 1 saturated heterocycles. The number of aliphatic hydroxyl groups is 1. The fourth-order valence-corrected chi connectivity index (χ4v) is 4.27. The number of anilines is 1. The Hall–Kier alpha value is -3.03. The molecule has 1 atom stereocenters. The Labute approximate surface area is 198 Å². The number of carbonyl (C=O) groups is 2. The summed E-state index contributed by atoms with van der Waals surface area (Å²) in [6.45, 7) is 5.59. The van der Waals surface area contributed by atoms with Crippen molar-refractivity contribution < 1.29 is 24.2 Å². The van der Waals surface area contributed by atoms with Crippen LogP contribution < -0.4 is 9.64 Å². The summed E-state index contributed by atoms with van der Waals surface area (Å²) in [4.78, 5) is 29.6. The molecule has 2 aliphatic heterocycles. The Kier molecular flexibility index (Phi) is 6.63. The number of hydrogen-bond acceptors (Lipinski definition) is 6. The molecule has 174 valence electrons. The lowest BCUT2D eigenvalue weighted by Crippen LogP contribution is -2.33. The van der Waals surface area contributed by atoms with Crippen LogP contribution in [-0.2, 0) is 14.3 Å². The van der Waals surface area contributed by atoms with Crippen LogP contribution in [0, 0.1) is 0 Å². The molecule has 1 amide bonds. The van der Waals surface area contributed by atoms with E-state index in [2.05, 4.69) is 0 Å². The number of ketones is 1. The highest BCUT2D eigenvalue weighted by Crippen LogP contribution is 2.41. The van der Waals surface area contributed by atoms with E-state index in [9.17, 15) is 14.7 Å². The second-order valence-electron chi connectivity index (χ2n) is 8.42. The quantitative estimate of drug-likeness (QED) is 0.390. The van der Waals surface area contributed by atoms with Gasteiger partial charge < -0.3 is 24.4 Å². The van der Waals surface area contributed by atoms with Gasteiger partial charge in [-0.15, -0.1) is 0 Å². The summed E-state index contributed by atoms with van der Waals surface area (Å²) >= 11 is 6.06. The molecule has 1 fully saturated rings. The molecule has 0 aliphatic carbocycles. The molecule has 2 aromatic carbocycles. The highest BCUT2D eigenvalue weighted by atomic mass is 35.5. The molecule has 2 heterocycles. The summed E-state index contributed by atoms with van der Waals surface area (Å²) in [7, 11) is 1.94. The third kappa shape index (κ3) is 4.56. The first-order valence-electron chi connectivity index (χ1n) is 10.9. The van der Waals surface area contributed by atoms with Gasteiger partial charge in [0.15, 0.2) is 0 Å². The van der Waals surface area contributed by atoms with Crippen LogP contribution in [0.3, 0.4) is 0 Å². The van der Waals surface area contributed by atoms with Crippen LogP contribution in [0.5, 0.6) is 5.75 Å². The lowest BCUT2D eigenvalue weighted by atomic mass is 9.95. The van der Waals surface area contributed by atoms with Crippen molar-refractivity contribution in [3.63, 3.8) is 0 Å². The predicted octanol–water partition coefficient (Wildman–Crippen LogP) is 4.02. The summed E-state index contributed by atoms with van der Waals surface area (Å²) in [5, 5.41) is 11.8. The highest BCUT2D eigenvalue weighted by Gasteiger charge is 2.46. The summed E-state index contributed by atoms with van der Waals surface area (Å²) < 4.78 is 11.3. The van der Waals surface area contributed by atoms with E-state index in [0.717, 1.165) is 5.69 Å². The molecule has 4 rings (SSSR count). The maximum atomic E-state index is 13.1. The van der Waals surface area contributed by atoms with E-state index in [0.29, 0.717) is 35.1 Å². The number of likely N-dealkylation sites (tertiary alicyclic amines) is 1. The number of benzene rings is 2. The second-order valence-corrected chi connectivity index (χ2v) is 8.85. The van der Waals surface area contributed by atoms with Crippen LogP contribution in [0.15, 0.2) is 48.0 Å². The SMILES string of the molecule is CC(C)OCCN1C(=O)C(=O)/C(=C(\O)c2ccc3c(c2)N(C)CCO3)C1c1ccc(Cl)cc1. The average Bonchev–Trinajstić information content (AvgIpc) is 3.04. The minimum atomic E-state index is -0.747. The third-order valence-corrected chi connectivity index (χ3v) is 6.09. The van der Waals surface area contributed by atoms with Crippen LogP contribution >= 0.6 is 11.6 Å². The lowest BCUT2D eigenvalue weighted by molar-refractivity contribution is -0.140. The van der Waals surface area contributed by atoms with E-state index in [1.165, 1.54) is 4.90 Å². The number of amides is 1. The van der Waals surface area contributed by atoms with E-state index in [-0.39, 0.29) is 30.6 Å². The average molecular weight is 471 g/mol. The number of hydrogen-bond donors (Lipinski definition) is 1. The second kappa shape index (κ2) is 9.45. The Morgan fingerprint density at radius 3 is 2.64 bits per heavy atom. The number of halogens is 1. The number of ether oxygens (including phenoxy) is 2. The largest absolute Gasteiger partial charge is 0.507 e. The molecule has 0 bridgehead atoms. The Bertz CT molecular complexity index is 1100. The summed E-state index contributed by atoms with van der Waals surface area (Å²) in [6.07, 6.45) is -0.00879. The van der Waals surface area contributed by atoms with Gasteiger partial charge in [0.25, 0.3) is 11.7 Å². The molecule has 7 nitrogen and oxygen atoms in total. The number of rotatable bonds is 6. The predicted molar refractivity (Wildman–Crippen MR) is 127 cm³/mol. The maximum absolute atomic E-state index is 13.1. The van der Waals surface area contributed by atoms with E-state index in [1.54, 1.807) is 42.5 Å². The van der Waals surface area contributed by atoms with Gasteiger partial charge in [-0.25, -0.2) is 0 Å². The highest BCUT2D eigenvalue weighted by molar-refractivity contribution is 6.46. The van der Waals surface area contributed by atoms with Gasteiger partial charge in [-0.05, 0) is 49.7 Å². The Morgan fingerprint density at radius 1 is 1.21 bits per heavy atom. The van der Waals surface area contributed by atoms with E-state index < -0.39 is 17.7 Å². The van der Waals surface area contributed by atoms with Gasteiger partial charge in [0.05, 0.1) is 36.6 Å². The zero-order valence-corrected chi connectivity index (χ0v) is 19.6. The molecule has 1 N–H and O–H groups in total. The maximum Gasteiger partial charge on any atom is 0.295 e. The van der Waals surface area contributed by atoms with E-state index in [4.69, 9.17) is 21.1 Å². The molecular weight excluding hydrogens is 444 g/mol. The molecule has 2 aliphatic rings. The van der Waals surface area contributed by atoms with Gasteiger partial charge in [0.2, 0.25) is 0 Å². The molecule has 0 aromatic heterocycles. The van der Waals surface area contributed by atoms with Gasteiger partial charge >= 0.3 is 0 Å². The fourth-order valence-electron chi connectivity index (χ4n) is 4.14. The summed E-state index contributed by atoms with van der Waals surface area (Å²) in [5.41, 5.74) is 1.99. The standard InChI is InChI=1S/C25H27ClN2O5/c1-15(2)32-13-11-28-22(16-4-7-18(26)8-5-16)21(24(30)25(28)31)23(29)17-6-9-20-19(14-17)27(3)10-12-33-20/h4-9,14-15,22,29H,10-13H2,1-3H3/b23-21-. The first-order valence-corrected chi connectivity index (χ1v) is 11.3. The van der Waals surface area contributed by atoms with Gasteiger partial charge in [0.1, 0.15) is 18.1 Å². The molecule has 0 saturated carbocycles. The van der Waals surface area contributed by atoms with Gasteiger partial charge in [0, 0.05) is 24.2 Å². The molecule has 0 spiro atoms. The van der Waals surface area contributed by atoms with Crippen molar-refractivity contribution in [3.8, 4) is 5.75 Å². The van der Waals surface area contributed by atoms with Crippen molar-refractivity contribution in [2.75, 3.05) is 38.3 Å². The van der Waals surface area contributed by atoms with Crippen molar-refractivity contribution in [1.29, 1.82) is 0 Å². The van der Waals surface area contributed by atoms with Crippen molar-refractivity contribution >= 4 is 34.7 Å². The monoisotopic (exact) mass is 470 g/mol. The third-order valence-electron chi connectivity index (χ3n) is 5.84. The van der Waals surface area contributed by atoms with Crippen LogP contribution in [0.25, 0.3) is 5.76 Å². The minimum absolute atomic E-state index is 0.00879. The zero-order valence-electron chi connectivity index (χ0n) is 18.9. The van der Waals surface area contributed by atoms with Crippen molar-refractivity contribution in [1.82, 2.24) is 4.90 Å². The molecule has 1 unspecified atom stereocenters. The topological polar surface area (TPSA) is 79.3 Å². The molecule has 0 radical (unpaired) electrons. The molecule has 2 aromatic rings. The number of carbonyl (C=O) groups excluding carboxylic acids is 2. The Balaban J connectivity index is 1.79. The first kappa shape index (κ1) is 23.1. The molecular formula is C25H27ClN2O5. The van der Waals surface area contributed by atoms with Crippen molar-refractivity contribution in [2.45, 2.75) is 26.0 Å². The van der Waals surface area contributed by atoms with Crippen LogP contribution in [-0.4, -0.2) is 61.2 Å². The van der Waals surface area contributed by atoms with Crippen LogP contribution in [0.2, 0.25) is 5.02 Å². The lowest BCUT2D eigenvalue weighted by Gasteiger charge is -2.28. The number of nitrogens with zero attached hydrogens (tertiary/aromatic N) is 2. The summed E-state index contributed by atoms with van der Waals surface area (Å²) in [5.74, 6) is -0.898. The number of Topliss-reactive ketones (excluding diaryl/α,β-unsaturated/α-hetero) is 1. The number of likely N-dealkylation sites (N-methyl/N-ethyl adjacent to an activating group) is 1. The van der Waals surface area contributed by atoms with Gasteiger partial charge in [-0.2, -0.15) is 0 Å². The zero-order chi connectivity index (χ0) is 23.7. The van der Waals surface area contributed by atoms with Gasteiger partial charge in [-0.1, -0.05) is 23.7 Å². The molecule has 33 heavy (non-hydrogen) atoms. The van der Waals surface area contributed by atoms with Crippen molar-refractivity contribution in [3.05, 3.63) is 64.2 Å².